The van der Waals surface area contributed by atoms with Crippen LogP contribution in [-0.4, -0.2) is 20.3 Å². The molecule has 4 rings (SSSR count). The molecule has 2 heterocycles. The second-order valence-corrected chi connectivity index (χ2v) is 11.0. The zero-order valence-electron chi connectivity index (χ0n) is 17.2. The van der Waals surface area contributed by atoms with Crippen LogP contribution in [0.5, 0.6) is 0 Å². The fraction of sp³-hybridized carbons (Fsp3) is 0.524. The number of hydrogen-bond acceptors (Lipinski definition) is 5. The van der Waals surface area contributed by atoms with Crippen molar-refractivity contribution in [3.05, 3.63) is 39.5 Å². The van der Waals surface area contributed by atoms with Crippen molar-refractivity contribution in [3.8, 4) is 0 Å². The van der Waals surface area contributed by atoms with E-state index >= 15 is 0 Å². The van der Waals surface area contributed by atoms with Gasteiger partial charge in [-0.2, -0.15) is 0 Å². The monoisotopic (exact) mass is 433 g/mol. The van der Waals surface area contributed by atoms with Crippen LogP contribution < -0.4 is 5.32 Å². The van der Waals surface area contributed by atoms with Crippen molar-refractivity contribution in [2.24, 2.45) is 4.36 Å². The van der Waals surface area contributed by atoms with E-state index in [1.807, 2.05) is 13.8 Å². The summed E-state index contributed by atoms with van der Waals surface area (Å²) in [5.41, 5.74) is 4.58. The van der Waals surface area contributed by atoms with Crippen molar-refractivity contribution in [3.63, 3.8) is 0 Å². The predicted octanol–water partition coefficient (Wildman–Crippen LogP) is 5.00. The van der Waals surface area contributed by atoms with Crippen LogP contribution in [0.25, 0.3) is 0 Å². The topological polar surface area (TPSA) is 91.7 Å². The Labute approximate surface area is 177 Å². The van der Waals surface area contributed by atoms with E-state index in [1.54, 1.807) is 25.3 Å². The minimum Gasteiger partial charge on any atom is -0.386 e. The maximum Gasteiger partial charge on any atom is 0.353 e. The van der Waals surface area contributed by atoms with Gasteiger partial charge in [-0.3, -0.25) is 4.98 Å². The van der Waals surface area contributed by atoms with Gasteiger partial charge in [0.1, 0.15) is 0 Å². The number of aromatic nitrogens is 1. The Kier molecular flexibility index (Phi) is 5.29. The minimum absolute atomic E-state index is 0.479. The van der Waals surface area contributed by atoms with Gasteiger partial charge in [-0.1, -0.05) is 0 Å². The molecule has 2 fully saturated rings. The van der Waals surface area contributed by atoms with Crippen LogP contribution in [0.2, 0.25) is 0 Å². The molecule has 2 amide bonds. The fourth-order valence-corrected chi connectivity index (χ4v) is 5.54. The molecule has 1 atom stereocenters. The lowest BCUT2D eigenvalue weighted by molar-refractivity contribution is 0.0789. The molecule has 6 nitrogen and oxygen atoms in total. The molecular weight excluding hydrogens is 406 g/mol. The number of aliphatic hydroxyl groups is 1. The summed E-state index contributed by atoms with van der Waals surface area (Å²) in [5, 5.41) is 14.7. The number of thiol groups is 1. The standard InChI is InChI=1S/C21H27N3O3S2/c1-11-17(12(2)19(14-7-8-14)22-18(11)13-5-6-13)23-20(25)24-29(27)16-9-15(10-28-16)21(3,4)26/h9-10,13-14,26,29H,5-8H2,1-4H3,(H,22,23,25). The van der Waals surface area contributed by atoms with Crippen LogP contribution in [0, 0.1) is 13.8 Å². The van der Waals surface area contributed by atoms with E-state index in [0.29, 0.717) is 21.6 Å². The Hall–Kier alpha value is -1.77. The Morgan fingerprint density at radius 1 is 1.21 bits per heavy atom. The third kappa shape index (κ3) is 4.39. The quantitative estimate of drug-likeness (QED) is 0.579. The normalized spacial score (nSPS) is 18.1. The third-order valence-corrected chi connectivity index (χ3v) is 7.97. The zero-order valence-corrected chi connectivity index (χ0v) is 18.9. The molecule has 2 aliphatic rings. The van der Waals surface area contributed by atoms with Crippen LogP contribution in [0.4, 0.5) is 10.5 Å². The largest absolute Gasteiger partial charge is 0.386 e. The number of rotatable bonds is 5. The number of amides is 2. The summed E-state index contributed by atoms with van der Waals surface area (Å²) >= 11 is 1.24. The van der Waals surface area contributed by atoms with Gasteiger partial charge in [0.15, 0.2) is 0 Å². The van der Waals surface area contributed by atoms with Gasteiger partial charge in [0.25, 0.3) is 0 Å². The highest BCUT2D eigenvalue weighted by Crippen LogP contribution is 2.47. The molecule has 0 bridgehead atoms. The molecule has 1 unspecified atom stereocenters. The van der Waals surface area contributed by atoms with Crippen molar-refractivity contribution in [1.82, 2.24) is 4.98 Å². The minimum atomic E-state index is -2.22. The Balaban J connectivity index is 1.60. The van der Waals surface area contributed by atoms with E-state index in [9.17, 15) is 14.1 Å². The van der Waals surface area contributed by atoms with Crippen LogP contribution in [-0.2, 0) is 16.2 Å². The van der Waals surface area contributed by atoms with E-state index in [0.717, 1.165) is 53.9 Å². The first kappa shape index (κ1) is 20.5. The summed E-state index contributed by atoms with van der Waals surface area (Å²) in [7, 11) is -2.22. The highest BCUT2D eigenvalue weighted by atomic mass is 32.2. The number of hydrogen-bond donors (Lipinski definition) is 3. The molecule has 0 radical (unpaired) electrons. The van der Waals surface area contributed by atoms with E-state index < -0.39 is 22.2 Å². The first-order valence-electron chi connectivity index (χ1n) is 9.97. The highest BCUT2D eigenvalue weighted by Gasteiger charge is 2.33. The molecule has 2 aliphatic carbocycles. The zero-order chi connectivity index (χ0) is 20.9. The van der Waals surface area contributed by atoms with Gasteiger partial charge < -0.3 is 10.4 Å². The molecule has 156 valence electrons. The van der Waals surface area contributed by atoms with Gasteiger partial charge in [-0.25, -0.2) is 9.00 Å². The summed E-state index contributed by atoms with van der Waals surface area (Å²) in [6.45, 7) is 7.32. The highest BCUT2D eigenvalue weighted by molar-refractivity contribution is 7.78. The van der Waals surface area contributed by atoms with E-state index in [-0.39, 0.29) is 0 Å². The average Bonchev–Trinajstić information content (AvgIpc) is 3.57. The first-order valence-corrected chi connectivity index (χ1v) is 12.1. The molecule has 2 aromatic rings. The summed E-state index contributed by atoms with van der Waals surface area (Å²) in [4.78, 5) is 17.5. The lowest BCUT2D eigenvalue weighted by Gasteiger charge is -2.17. The number of urea groups is 1. The Morgan fingerprint density at radius 3 is 2.21 bits per heavy atom. The molecule has 0 aliphatic heterocycles. The fourth-order valence-electron chi connectivity index (χ4n) is 3.54. The summed E-state index contributed by atoms with van der Waals surface area (Å²) < 4.78 is 16.9. The van der Waals surface area contributed by atoms with E-state index in [1.165, 1.54) is 11.3 Å². The van der Waals surface area contributed by atoms with Gasteiger partial charge in [0.2, 0.25) is 0 Å². The van der Waals surface area contributed by atoms with Gasteiger partial charge in [-0.05, 0) is 81.5 Å². The second-order valence-electron chi connectivity index (χ2n) is 8.59. The lowest BCUT2D eigenvalue weighted by Crippen LogP contribution is -2.14. The van der Waals surface area contributed by atoms with Crippen molar-refractivity contribution >= 4 is 33.7 Å². The molecule has 2 saturated carbocycles. The summed E-state index contributed by atoms with van der Waals surface area (Å²) in [5.74, 6) is 0.979. The molecule has 2 N–H and O–H groups in total. The van der Waals surface area contributed by atoms with Crippen LogP contribution >= 0.6 is 11.3 Å². The first-order chi connectivity index (χ1) is 13.6. The number of nitrogens with zero attached hydrogens (tertiary/aromatic N) is 2. The van der Waals surface area contributed by atoms with Crippen LogP contribution in [0.1, 0.15) is 79.4 Å². The van der Waals surface area contributed by atoms with Crippen molar-refractivity contribution in [1.29, 1.82) is 0 Å². The van der Waals surface area contributed by atoms with Gasteiger partial charge in [-0.15, -0.1) is 15.7 Å². The molecule has 2 aromatic heterocycles. The van der Waals surface area contributed by atoms with Gasteiger partial charge in [0, 0.05) is 23.2 Å². The number of pyridine rings is 1. The third-order valence-electron chi connectivity index (χ3n) is 5.58. The number of nitrogens with one attached hydrogen (secondary N) is 1. The summed E-state index contributed by atoms with van der Waals surface area (Å²) in [6.07, 6.45) is 4.58. The van der Waals surface area contributed by atoms with Crippen molar-refractivity contribution < 1.29 is 14.1 Å². The molecule has 8 heteroatoms. The summed E-state index contributed by atoms with van der Waals surface area (Å²) in [6, 6.07) is 1.05. The molecular formula is C21H27N3O3S2. The van der Waals surface area contributed by atoms with Gasteiger partial charge >= 0.3 is 6.03 Å². The number of anilines is 1. The number of thiophene rings is 1. The number of carbonyl (C=O) groups is 1. The van der Waals surface area contributed by atoms with Gasteiger partial charge in [0.05, 0.1) is 26.1 Å². The smallest absolute Gasteiger partial charge is 0.353 e. The predicted molar refractivity (Wildman–Crippen MR) is 116 cm³/mol. The maximum absolute atomic E-state index is 12.6. The average molecular weight is 434 g/mol. The van der Waals surface area contributed by atoms with Crippen molar-refractivity contribution in [2.45, 2.75) is 75.0 Å². The van der Waals surface area contributed by atoms with E-state index in [2.05, 4.69) is 9.68 Å². The van der Waals surface area contributed by atoms with E-state index in [4.69, 9.17) is 4.98 Å². The Bertz CT molecular complexity index is 1020. The maximum atomic E-state index is 12.6. The molecule has 0 saturated heterocycles. The molecule has 29 heavy (non-hydrogen) atoms. The number of carbonyl (C=O) groups excluding carboxylic acids is 1. The van der Waals surface area contributed by atoms with Crippen LogP contribution in [0.3, 0.4) is 0 Å². The van der Waals surface area contributed by atoms with Crippen LogP contribution in [0.15, 0.2) is 20.0 Å². The Morgan fingerprint density at radius 2 is 1.76 bits per heavy atom. The second kappa shape index (κ2) is 7.49. The molecule has 0 aromatic carbocycles. The van der Waals surface area contributed by atoms with Crippen molar-refractivity contribution in [2.75, 3.05) is 5.32 Å². The lowest BCUT2D eigenvalue weighted by atomic mass is 10.0. The SMILES string of the molecule is Cc1c(C2CC2)nc(C2CC2)c(C)c1NC(=O)/N=[SH](=O)/c1cc(C(C)(C)O)cs1. The molecule has 0 spiro atoms.